The van der Waals surface area contributed by atoms with Gasteiger partial charge >= 0.3 is 5.97 Å². The van der Waals surface area contributed by atoms with Gasteiger partial charge < -0.3 is 18.9 Å². The molecule has 164 valence electrons. The molecule has 0 radical (unpaired) electrons. The number of fused-ring (bicyclic) bond motifs is 4. The van der Waals surface area contributed by atoms with Crippen LogP contribution in [0.3, 0.4) is 0 Å². The lowest BCUT2D eigenvalue weighted by atomic mass is 9.78. The van der Waals surface area contributed by atoms with Crippen LogP contribution in [0.1, 0.15) is 51.2 Å². The first kappa shape index (κ1) is 22.5. The molecule has 1 spiro atoms. The number of carbonyl (C=O) groups is 1. The minimum atomic E-state index is -1.03. The van der Waals surface area contributed by atoms with Gasteiger partial charge in [0.2, 0.25) is 0 Å². The second kappa shape index (κ2) is 9.73. The van der Waals surface area contributed by atoms with Crippen molar-refractivity contribution in [2.24, 2.45) is 0 Å². The van der Waals surface area contributed by atoms with E-state index in [1.165, 1.54) is 0 Å². The second-order valence-electron chi connectivity index (χ2n) is 7.43. The third kappa shape index (κ3) is 4.31. The highest BCUT2D eigenvalue weighted by Crippen LogP contribution is 2.56. The van der Waals surface area contributed by atoms with Crippen molar-refractivity contribution in [3.05, 3.63) is 71.8 Å². The number of unbranched alkanes of at least 4 members (excludes halogenated alkanes) is 1. The minimum Gasteiger partial charge on any atom is -0.497 e. The van der Waals surface area contributed by atoms with Gasteiger partial charge in [0.15, 0.2) is 5.60 Å². The number of hydrogen-bond acceptors (Lipinski definition) is 5. The summed E-state index contributed by atoms with van der Waals surface area (Å²) in [5, 5.41) is 0. The molecule has 0 aliphatic carbocycles. The Morgan fingerprint density at radius 2 is 1.68 bits per heavy atom. The van der Waals surface area contributed by atoms with E-state index in [0.717, 1.165) is 29.7 Å². The molecule has 2 aromatic carbocycles. The van der Waals surface area contributed by atoms with Crippen LogP contribution >= 0.6 is 0 Å². The fourth-order valence-electron chi connectivity index (χ4n) is 3.64. The largest absolute Gasteiger partial charge is 0.497 e. The fraction of sp³-hybridized carbons (Fsp3) is 0.346. The van der Waals surface area contributed by atoms with Crippen molar-refractivity contribution in [2.75, 3.05) is 13.7 Å². The van der Waals surface area contributed by atoms with E-state index >= 15 is 0 Å². The van der Waals surface area contributed by atoms with Crippen LogP contribution in [0.5, 0.6) is 23.0 Å². The van der Waals surface area contributed by atoms with E-state index in [0.29, 0.717) is 29.4 Å². The molecule has 2 heterocycles. The molecule has 2 aliphatic heterocycles. The number of benzene rings is 2. The lowest BCUT2D eigenvalue weighted by Crippen LogP contribution is -2.32. The van der Waals surface area contributed by atoms with Crippen molar-refractivity contribution in [3.8, 4) is 23.0 Å². The van der Waals surface area contributed by atoms with Crippen LogP contribution in [-0.4, -0.2) is 19.7 Å². The Hall–Kier alpha value is -3.21. The Balaban J connectivity index is 0.000000628. The first-order chi connectivity index (χ1) is 15.0. The van der Waals surface area contributed by atoms with Gasteiger partial charge in [-0.15, -0.1) is 0 Å². The SMILES string of the molecule is C/C=C\C.C=C1CC(=O)OC12c1ccc(OC)cc1Oc1cc(OCCCC)ccc12. The van der Waals surface area contributed by atoms with Crippen LogP contribution in [0.25, 0.3) is 0 Å². The predicted octanol–water partition coefficient (Wildman–Crippen LogP) is 6.31. The number of ether oxygens (including phenoxy) is 4. The summed E-state index contributed by atoms with van der Waals surface area (Å²) in [7, 11) is 1.60. The van der Waals surface area contributed by atoms with E-state index in [4.69, 9.17) is 18.9 Å². The molecule has 0 bridgehead atoms. The summed E-state index contributed by atoms with van der Waals surface area (Å²) in [4.78, 5) is 12.1. The van der Waals surface area contributed by atoms with Gasteiger partial charge in [-0.3, -0.25) is 4.79 Å². The lowest BCUT2D eigenvalue weighted by molar-refractivity contribution is -0.146. The molecule has 1 atom stereocenters. The van der Waals surface area contributed by atoms with Gasteiger partial charge in [-0.05, 0) is 50.1 Å². The first-order valence-electron chi connectivity index (χ1n) is 10.6. The van der Waals surface area contributed by atoms with E-state index in [9.17, 15) is 4.79 Å². The third-order valence-electron chi connectivity index (χ3n) is 5.34. The van der Waals surface area contributed by atoms with Crippen LogP contribution in [0.15, 0.2) is 60.7 Å². The topological polar surface area (TPSA) is 54.0 Å². The van der Waals surface area contributed by atoms with E-state index in [1.54, 1.807) is 13.2 Å². The maximum atomic E-state index is 12.1. The van der Waals surface area contributed by atoms with Crippen molar-refractivity contribution < 1.29 is 23.7 Å². The minimum absolute atomic E-state index is 0.180. The monoisotopic (exact) mass is 422 g/mol. The lowest BCUT2D eigenvalue weighted by Gasteiger charge is -2.36. The second-order valence-corrected chi connectivity index (χ2v) is 7.43. The van der Waals surface area contributed by atoms with Crippen LogP contribution < -0.4 is 14.2 Å². The molecule has 1 fully saturated rings. The standard InChI is InChI=1S/C22H22O5.C4H8/c1-4-5-10-25-16-7-9-18-20(13-16)26-19-12-15(24-3)6-8-17(19)22(18)14(2)11-21(23)27-22;1-3-4-2/h6-9,12-13H,2,4-5,10-11H2,1,3H3;3-4H,1-2H3/b;4-3-. The van der Waals surface area contributed by atoms with Crippen molar-refractivity contribution in [1.29, 1.82) is 0 Å². The highest BCUT2D eigenvalue weighted by Gasteiger charge is 2.52. The van der Waals surface area contributed by atoms with Gasteiger partial charge in [0, 0.05) is 23.3 Å². The average Bonchev–Trinajstić information content (AvgIpc) is 3.07. The number of allylic oxidation sites excluding steroid dienone is 2. The Kier molecular flexibility index (Phi) is 7.06. The number of rotatable bonds is 5. The van der Waals surface area contributed by atoms with E-state index in [2.05, 4.69) is 13.5 Å². The van der Waals surface area contributed by atoms with Crippen molar-refractivity contribution in [2.45, 2.75) is 45.6 Å². The molecule has 5 heteroatoms. The summed E-state index contributed by atoms with van der Waals surface area (Å²) >= 11 is 0. The zero-order valence-electron chi connectivity index (χ0n) is 18.7. The zero-order valence-corrected chi connectivity index (χ0v) is 18.7. The molecule has 1 saturated heterocycles. The van der Waals surface area contributed by atoms with Crippen molar-refractivity contribution >= 4 is 5.97 Å². The van der Waals surface area contributed by atoms with Gasteiger partial charge in [0.1, 0.15) is 23.0 Å². The van der Waals surface area contributed by atoms with E-state index in [1.807, 2.05) is 56.3 Å². The maximum Gasteiger partial charge on any atom is 0.311 e. The van der Waals surface area contributed by atoms with Crippen LogP contribution in [0.4, 0.5) is 0 Å². The smallest absolute Gasteiger partial charge is 0.311 e. The Morgan fingerprint density at radius 1 is 1.06 bits per heavy atom. The zero-order chi connectivity index (χ0) is 22.4. The first-order valence-corrected chi connectivity index (χ1v) is 10.6. The van der Waals surface area contributed by atoms with E-state index in [-0.39, 0.29) is 12.4 Å². The van der Waals surface area contributed by atoms with Gasteiger partial charge in [-0.2, -0.15) is 0 Å². The molecule has 31 heavy (non-hydrogen) atoms. The maximum absolute atomic E-state index is 12.1. The number of hydrogen-bond donors (Lipinski definition) is 0. The van der Waals surface area contributed by atoms with Gasteiger partial charge in [0.25, 0.3) is 0 Å². The third-order valence-corrected chi connectivity index (χ3v) is 5.34. The Labute approximate surface area is 184 Å². The van der Waals surface area contributed by atoms with Gasteiger partial charge in [0.05, 0.1) is 20.1 Å². The molecule has 2 aromatic rings. The van der Waals surface area contributed by atoms with Gasteiger partial charge in [-0.1, -0.05) is 32.1 Å². The molecule has 5 nitrogen and oxygen atoms in total. The van der Waals surface area contributed by atoms with Crippen LogP contribution in [0.2, 0.25) is 0 Å². The highest BCUT2D eigenvalue weighted by atomic mass is 16.6. The number of esters is 1. The number of carbonyl (C=O) groups excluding carboxylic acids is 1. The molecule has 4 rings (SSSR count). The summed E-state index contributed by atoms with van der Waals surface area (Å²) in [5.41, 5.74) is 1.18. The Bertz CT molecular complexity index is 987. The highest BCUT2D eigenvalue weighted by molar-refractivity contribution is 5.81. The van der Waals surface area contributed by atoms with Gasteiger partial charge in [-0.25, -0.2) is 0 Å². The van der Waals surface area contributed by atoms with Crippen LogP contribution in [-0.2, 0) is 15.1 Å². The molecule has 0 saturated carbocycles. The molecular weight excluding hydrogens is 392 g/mol. The summed E-state index contributed by atoms with van der Waals surface area (Å²) in [6, 6.07) is 11.1. The quantitative estimate of drug-likeness (QED) is 0.321. The molecule has 2 aliphatic rings. The number of methoxy groups -OCH3 is 1. The fourth-order valence-corrected chi connectivity index (χ4v) is 3.64. The molecule has 0 amide bonds. The van der Waals surface area contributed by atoms with Crippen LogP contribution in [0, 0.1) is 0 Å². The normalized spacial score (nSPS) is 18.6. The van der Waals surface area contributed by atoms with Crippen molar-refractivity contribution in [1.82, 2.24) is 0 Å². The summed E-state index contributed by atoms with van der Waals surface area (Å²) < 4.78 is 23.1. The molecule has 1 unspecified atom stereocenters. The van der Waals surface area contributed by atoms with Crippen molar-refractivity contribution in [3.63, 3.8) is 0 Å². The molecule has 0 N–H and O–H groups in total. The average molecular weight is 423 g/mol. The summed E-state index contributed by atoms with van der Waals surface area (Å²) in [6.07, 6.45) is 6.23. The Morgan fingerprint density at radius 3 is 2.19 bits per heavy atom. The molecule has 0 aromatic heterocycles. The predicted molar refractivity (Wildman–Crippen MR) is 121 cm³/mol. The van der Waals surface area contributed by atoms with E-state index < -0.39 is 5.60 Å². The summed E-state index contributed by atoms with van der Waals surface area (Å²) in [5.74, 6) is 2.28. The molecular formula is C26H30O5. The summed E-state index contributed by atoms with van der Waals surface area (Å²) in [6.45, 7) is 10.9.